The quantitative estimate of drug-likeness (QED) is 0.467. The predicted octanol–water partition coefficient (Wildman–Crippen LogP) is 0.807. The highest BCUT2D eigenvalue weighted by molar-refractivity contribution is 4.57. The van der Waals surface area contributed by atoms with Crippen LogP contribution in [0.15, 0.2) is 0 Å². The summed E-state index contributed by atoms with van der Waals surface area (Å²) in [4.78, 5) is 0. The van der Waals surface area contributed by atoms with Crippen molar-refractivity contribution in [2.24, 2.45) is 0 Å². The molecule has 0 aliphatic rings. The van der Waals surface area contributed by atoms with Crippen LogP contribution in [0, 0.1) is 6.42 Å². The van der Waals surface area contributed by atoms with Gasteiger partial charge in [0.05, 0.1) is 13.3 Å². The summed E-state index contributed by atoms with van der Waals surface area (Å²) in [5.74, 6) is 0. The molecule has 0 rings (SSSR count). The van der Waals surface area contributed by atoms with E-state index in [0.29, 0.717) is 6.61 Å². The molecule has 0 bridgehead atoms. The summed E-state index contributed by atoms with van der Waals surface area (Å²) in [6, 6.07) is 0. The Labute approximate surface area is 37.1 Å². The Bertz CT molecular complexity index is 19.5. The first-order valence-electron chi connectivity index (χ1n) is 1.78. The molecular weight excluding hydrogens is 83.0 g/mol. The van der Waals surface area contributed by atoms with Crippen molar-refractivity contribution in [2.45, 2.75) is 0 Å². The Hall–Kier alpha value is -0.110. The Balaban J connectivity index is 2.34. The van der Waals surface area contributed by atoms with Crippen molar-refractivity contribution in [1.82, 2.24) is 0 Å². The highest BCUT2D eigenvalue weighted by atomic mass is 19.1. The lowest BCUT2D eigenvalue weighted by Gasteiger charge is -1.87. The van der Waals surface area contributed by atoms with Crippen molar-refractivity contribution in [1.29, 1.82) is 0 Å². The van der Waals surface area contributed by atoms with Gasteiger partial charge in [-0.3, -0.25) is 4.39 Å². The number of rotatable bonds is 3. The second kappa shape index (κ2) is 4.89. The standard InChI is InChI=1S/C4H8FO/c1-6-4-2-3-5/h2H,3-4H2,1H3. The maximum absolute atomic E-state index is 11.0. The number of halogens is 1. The van der Waals surface area contributed by atoms with Gasteiger partial charge in [-0.25, -0.2) is 0 Å². The van der Waals surface area contributed by atoms with Crippen LogP contribution >= 0.6 is 0 Å². The Kier molecular flexibility index (Phi) is 4.80. The van der Waals surface area contributed by atoms with Crippen molar-refractivity contribution in [3.05, 3.63) is 6.42 Å². The van der Waals surface area contributed by atoms with Crippen LogP contribution in [0.2, 0.25) is 0 Å². The summed E-state index contributed by atoms with van der Waals surface area (Å²) >= 11 is 0. The van der Waals surface area contributed by atoms with E-state index in [9.17, 15) is 4.39 Å². The van der Waals surface area contributed by atoms with Gasteiger partial charge < -0.3 is 4.74 Å². The van der Waals surface area contributed by atoms with Gasteiger partial charge in [-0.1, -0.05) is 0 Å². The van der Waals surface area contributed by atoms with Gasteiger partial charge in [-0.15, -0.1) is 0 Å². The summed E-state index contributed by atoms with van der Waals surface area (Å²) in [5.41, 5.74) is 0. The van der Waals surface area contributed by atoms with Gasteiger partial charge in [0.15, 0.2) is 0 Å². The van der Waals surface area contributed by atoms with Gasteiger partial charge in [0.25, 0.3) is 0 Å². The Morgan fingerprint density at radius 1 is 1.83 bits per heavy atom. The fourth-order valence-electron chi connectivity index (χ4n) is 0.162. The molecule has 1 radical (unpaired) electrons. The average Bonchev–Trinajstić information content (AvgIpc) is 1.61. The summed E-state index contributed by atoms with van der Waals surface area (Å²) in [7, 11) is 1.53. The van der Waals surface area contributed by atoms with Crippen LogP contribution in [0.3, 0.4) is 0 Å². The van der Waals surface area contributed by atoms with Crippen LogP contribution in [-0.2, 0) is 4.74 Å². The summed E-state index contributed by atoms with van der Waals surface area (Å²) in [5, 5.41) is 0. The van der Waals surface area contributed by atoms with Gasteiger partial charge in [-0.2, -0.15) is 0 Å². The minimum Gasteiger partial charge on any atom is -0.384 e. The second-order valence-electron chi connectivity index (χ2n) is 0.898. The minimum absolute atomic E-state index is 0.395. The number of hydrogen-bond acceptors (Lipinski definition) is 1. The zero-order valence-electron chi connectivity index (χ0n) is 3.78. The summed E-state index contributed by atoms with van der Waals surface area (Å²) < 4.78 is 15.5. The average molecular weight is 91.1 g/mol. The minimum atomic E-state index is -0.395. The molecule has 37 valence electrons. The van der Waals surface area contributed by atoms with Crippen molar-refractivity contribution in [3.63, 3.8) is 0 Å². The van der Waals surface area contributed by atoms with E-state index >= 15 is 0 Å². The van der Waals surface area contributed by atoms with Crippen LogP contribution in [0.25, 0.3) is 0 Å². The third-order valence-corrected chi connectivity index (χ3v) is 0.394. The number of alkyl halides is 1. The number of methoxy groups -OCH3 is 1. The molecule has 2 heteroatoms. The normalized spacial score (nSPS) is 9.00. The third-order valence-electron chi connectivity index (χ3n) is 0.394. The first-order valence-corrected chi connectivity index (χ1v) is 1.78. The van der Waals surface area contributed by atoms with Gasteiger partial charge in [0, 0.05) is 13.5 Å². The SMILES string of the molecule is COC[CH]CF. The van der Waals surface area contributed by atoms with Crippen molar-refractivity contribution >= 4 is 0 Å². The molecule has 0 spiro atoms. The van der Waals surface area contributed by atoms with Crippen LogP contribution < -0.4 is 0 Å². The largest absolute Gasteiger partial charge is 0.384 e. The van der Waals surface area contributed by atoms with Gasteiger partial charge in [0.2, 0.25) is 0 Å². The van der Waals surface area contributed by atoms with Crippen molar-refractivity contribution in [3.8, 4) is 0 Å². The van der Waals surface area contributed by atoms with Crippen molar-refractivity contribution in [2.75, 3.05) is 20.4 Å². The number of hydrogen-bond donors (Lipinski definition) is 0. The second-order valence-corrected chi connectivity index (χ2v) is 0.898. The first-order chi connectivity index (χ1) is 2.91. The van der Waals surface area contributed by atoms with E-state index in [2.05, 4.69) is 4.74 Å². The first kappa shape index (κ1) is 5.89. The molecule has 0 aliphatic carbocycles. The lowest BCUT2D eigenvalue weighted by Crippen LogP contribution is -1.88. The topological polar surface area (TPSA) is 9.23 Å². The Morgan fingerprint density at radius 3 is 2.67 bits per heavy atom. The summed E-state index contributed by atoms with van der Waals surface area (Å²) in [6.07, 6.45) is 1.42. The highest BCUT2D eigenvalue weighted by Crippen LogP contribution is 1.75. The molecule has 0 saturated carbocycles. The fourth-order valence-corrected chi connectivity index (χ4v) is 0.162. The van der Waals surface area contributed by atoms with Crippen molar-refractivity contribution < 1.29 is 9.13 Å². The molecule has 0 N–H and O–H groups in total. The molecule has 0 saturated heterocycles. The van der Waals surface area contributed by atoms with E-state index in [1.165, 1.54) is 13.5 Å². The lowest BCUT2D eigenvalue weighted by molar-refractivity contribution is 0.216. The predicted molar refractivity (Wildman–Crippen MR) is 22.2 cm³/mol. The molecule has 0 fully saturated rings. The molecule has 0 aromatic carbocycles. The van der Waals surface area contributed by atoms with E-state index in [4.69, 9.17) is 0 Å². The van der Waals surface area contributed by atoms with E-state index in [1.54, 1.807) is 0 Å². The highest BCUT2D eigenvalue weighted by Gasteiger charge is 1.78. The van der Waals surface area contributed by atoms with Crippen LogP contribution in [0.4, 0.5) is 4.39 Å². The lowest BCUT2D eigenvalue weighted by atomic mass is 10.5. The molecule has 0 aromatic rings. The maximum atomic E-state index is 11.0. The molecule has 1 nitrogen and oxygen atoms in total. The molecule has 0 unspecified atom stereocenters. The molecule has 0 atom stereocenters. The monoisotopic (exact) mass is 91.1 g/mol. The molecule has 0 aliphatic heterocycles. The molecule has 0 amide bonds. The molecule has 6 heavy (non-hydrogen) atoms. The maximum Gasteiger partial charge on any atom is 0.0949 e. The third kappa shape index (κ3) is 3.89. The van der Waals surface area contributed by atoms with Gasteiger partial charge >= 0.3 is 0 Å². The molecular formula is C4H8FO. The number of ether oxygens (including phenoxy) is 1. The van der Waals surface area contributed by atoms with Crippen LogP contribution in [-0.4, -0.2) is 20.4 Å². The van der Waals surface area contributed by atoms with E-state index in [0.717, 1.165) is 0 Å². The smallest absolute Gasteiger partial charge is 0.0949 e. The van der Waals surface area contributed by atoms with Gasteiger partial charge in [0.1, 0.15) is 0 Å². The fraction of sp³-hybridized carbons (Fsp3) is 0.750. The Morgan fingerprint density at radius 2 is 2.50 bits per heavy atom. The molecule has 0 heterocycles. The van der Waals surface area contributed by atoms with Gasteiger partial charge in [-0.05, 0) is 0 Å². The summed E-state index contributed by atoms with van der Waals surface area (Å²) in [6.45, 7) is 0.0182. The molecule has 0 aromatic heterocycles. The van der Waals surface area contributed by atoms with E-state index in [-0.39, 0.29) is 0 Å². The van der Waals surface area contributed by atoms with Crippen LogP contribution in [0.5, 0.6) is 0 Å². The zero-order chi connectivity index (χ0) is 4.83. The van der Waals surface area contributed by atoms with E-state index in [1.807, 2.05) is 0 Å². The van der Waals surface area contributed by atoms with Crippen LogP contribution in [0.1, 0.15) is 0 Å². The zero-order valence-corrected chi connectivity index (χ0v) is 3.78. The van der Waals surface area contributed by atoms with E-state index < -0.39 is 6.67 Å².